The van der Waals surface area contributed by atoms with Gasteiger partial charge in [0.15, 0.2) is 17.2 Å². The summed E-state index contributed by atoms with van der Waals surface area (Å²) in [7, 11) is 0. The van der Waals surface area contributed by atoms with E-state index in [4.69, 9.17) is 8.53 Å². The molecule has 4 aromatic rings. The van der Waals surface area contributed by atoms with E-state index in [0.717, 1.165) is 33.2 Å². The molecular weight excluding hydrogens is 312 g/mol. The van der Waals surface area contributed by atoms with Crippen LogP contribution in [-0.4, -0.2) is 23.1 Å². The van der Waals surface area contributed by atoms with Crippen LogP contribution in [0.15, 0.2) is 53.2 Å². The van der Waals surface area contributed by atoms with Gasteiger partial charge in [0.05, 0.1) is 5.69 Å². The Morgan fingerprint density at radius 3 is 2.68 bits per heavy atom. The van der Waals surface area contributed by atoms with Crippen molar-refractivity contribution >= 4 is 39.3 Å². The second kappa shape index (κ2) is 4.96. The van der Waals surface area contributed by atoms with Crippen molar-refractivity contribution in [3.8, 4) is 0 Å². The van der Waals surface area contributed by atoms with Crippen molar-refractivity contribution in [3.63, 3.8) is 0 Å². The Morgan fingerprint density at radius 2 is 1.84 bits per heavy atom. The maximum atomic E-state index is 7.99. The van der Waals surface area contributed by atoms with Crippen molar-refractivity contribution in [1.29, 1.82) is 0 Å². The Bertz CT molecular complexity index is 1220. The van der Waals surface area contributed by atoms with E-state index in [0.29, 0.717) is 11.6 Å². The lowest BCUT2D eigenvalue weighted by atomic mass is 10.1. The van der Waals surface area contributed by atoms with Gasteiger partial charge in [0.2, 0.25) is 0 Å². The van der Waals surface area contributed by atoms with Crippen molar-refractivity contribution < 1.29 is 8.53 Å². The minimum absolute atomic E-state index is 0.350. The zero-order chi connectivity index (χ0) is 19.6. The highest BCUT2D eigenvalue weighted by Gasteiger charge is 2.36. The van der Waals surface area contributed by atoms with Crippen LogP contribution in [0.4, 0.5) is 17.3 Å². The zero-order valence-electron chi connectivity index (χ0n) is 16.9. The molecule has 1 aliphatic heterocycles. The number of fused-ring (bicyclic) bond motifs is 4. The van der Waals surface area contributed by atoms with E-state index in [2.05, 4.69) is 9.97 Å². The third-order valence-corrected chi connectivity index (χ3v) is 4.83. The Morgan fingerprint density at radius 1 is 1.04 bits per heavy atom. The zero-order valence-corrected chi connectivity index (χ0v) is 13.9. The SMILES string of the molecule is [2H]C([2H])([2H])N1c2nccnc2N(c2c(C)ccc3c2oc2ccccc23)C1C. The molecule has 0 N–H and O–H groups in total. The summed E-state index contributed by atoms with van der Waals surface area (Å²) in [4.78, 5) is 12.0. The van der Waals surface area contributed by atoms with Crippen LogP contribution in [0.2, 0.25) is 0 Å². The van der Waals surface area contributed by atoms with Gasteiger partial charge >= 0.3 is 0 Å². The van der Waals surface area contributed by atoms with Crippen LogP contribution in [0.1, 0.15) is 16.6 Å². The summed E-state index contributed by atoms with van der Waals surface area (Å²) in [6, 6.07) is 11.9. The molecule has 5 rings (SSSR count). The summed E-state index contributed by atoms with van der Waals surface area (Å²) in [5, 5.41) is 2.01. The maximum Gasteiger partial charge on any atom is 0.178 e. The number of aryl methyl sites for hydroxylation is 1. The Hall–Kier alpha value is -3.08. The van der Waals surface area contributed by atoms with Gasteiger partial charge in [0.1, 0.15) is 11.7 Å². The second-order valence-electron chi connectivity index (χ2n) is 6.28. The van der Waals surface area contributed by atoms with Gasteiger partial charge in [-0.15, -0.1) is 0 Å². The van der Waals surface area contributed by atoms with Gasteiger partial charge in [0, 0.05) is 34.3 Å². The highest BCUT2D eigenvalue weighted by Crippen LogP contribution is 2.45. The van der Waals surface area contributed by atoms with Crippen LogP contribution in [0, 0.1) is 6.92 Å². The average Bonchev–Trinajstić information content (AvgIpc) is 3.16. The molecule has 1 aliphatic rings. The third kappa shape index (κ3) is 1.83. The van der Waals surface area contributed by atoms with Gasteiger partial charge in [-0.05, 0) is 25.5 Å². The Labute approximate surface area is 149 Å². The largest absolute Gasteiger partial charge is 0.454 e. The summed E-state index contributed by atoms with van der Waals surface area (Å²) < 4.78 is 30.2. The van der Waals surface area contributed by atoms with E-state index in [-0.39, 0.29) is 0 Å². The molecule has 5 heteroatoms. The first-order chi connectivity index (χ1) is 13.4. The first-order valence-electron chi connectivity index (χ1n) is 9.68. The normalized spacial score (nSPS) is 19.1. The van der Waals surface area contributed by atoms with E-state index in [1.54, 1.807) is 6.20 Å². The number of aromatic nitrogens is 2. The molecular formula is C20H18N4O. The van der Waals surface area contributed by atoms with Gasteiger partial charge in [-0.25, -0.2) is 9.97 Å². The summed E-state index contributed by atoms with van der Waals surface area (Å²) in [5.74, 6) is 0.865. The van der Waals surface area contributed by atoms with Crippen LogP contribution in [0.3, 0.4) is 0 Å². The molecule has 0 spiro atoms. The number of rotatable bonds is 1. The molecule has 0 amide bonds. The van der Waals surface area contributed by atoms with Crippen molar-refractivity contribution in [2.75, 3.05) is 16.8 Å². The lowest BCUT2D eigenvalue weighted by Gasteiger charge is -2.27. The minimum atomic E-state index is -2.34. The fourth-order valence-corrected chi connectivity index (χ4v) is 3.60. The molecule has 0 saturated carbocycles. The summed E-state index contributed by atoms with van der Waals surface area (Å²) >= 11 is 0. The van der Waals surface area contributed by atoms with E-state index in [1.807, 2.05) is 55.1 Å². The molecule has 3 heterocycles. The number of benzene rings is 2. The standard InChI is InChI=1S/C20H18N4O/c1-12-8-9-15-14-6-4-5-7-16(14)25-18(15)17(12)24-13(2)23(3)19-20(24)22-11-10-21-19/h4-11,13H,1-3H3/i3D3. The first kappa shape index (κ1) is 11.5. The molecule has 0 fully saturated rings. The summed E-state index contributed by atoms with van der Waals surface area (Å²) in [5.41, 5.74) is 3.30. The van der Waals surface area contributed by atoms with Crippen molar-refractivity contribution in [1.82, 2.24) is 9.97 Å². The molecule has 0 saturated heterocycles. The molecule has 25 heavy (non-hydrogen) atoms. The molecule has 2 aromatic carbocycles. The highest BCUT2D eigenvalue weighted by atomic mass is 16.3. The number of para-hydroxylation sites is 1. The quantitative estimate of drug-likeness (QED) is 0.509. The number of nitrogens with zero attached hydrogens (tertiary/aromatic N) is 4. The molecule has 2 aromatic heterocycles. The fraction of sp³-hybridized carbons (Fsp3) is 0.200. The van der Waals surface area contributed by atoms with Gasteiger partial charge in [-0.2, -0.15) is 0 Å². The van der Waals surface area contributed by atoms with Gasteiger partial charge < -0.3 is 9.32 Å². The lowest BCUT2D eigenvalue weighted by molar-refractivity contribution is 0.660. The summed E-state index contributed by atoms with van der Waals surface area (Å²) in [6.07, 6.45) is 2.60. The fourth-order valence-electron chi connectivity index (χ4n) is 3.60. The smallest absolute Gasteiger partial charge is 0.178 e. The molecule has 0 bridgehead atoms. The predicted octanol–water partition coefficient (Wildman–Crippen LogP) is 4.62. The van der Waals surface area contributed by atoms with Crippen molar-refractivity contribution in [2.24, 2.45) is 0 Å². The van der Waals surface area contributed by atoms with E-state index < -0.39 is 13.1 Å². The van der Waals surface area contributed by atoms with Crippen LogP contribution in [0.25, 0.3) is 21.9 Å². The van der Waals surface area contributed by atoms with Gasteiger partial charge in [-0.3, -0.25) is 4.90 Å². The number of hydrogen-bond donors (Lipinski definition) is 0. The van der Waals surface area contributed by atoms with Crippen LogP contribution in [0.5, 0.6) is 0 Å². The maximum absolute atomic E-state index is 7.99. The topological polar surface area (TPSA) is 45.4 Å². The highest BCUT2D eigenvalue weighted by molar-refractivity contribution is 6.10. The Balaban J connectivity index is 1.82. The van der Waals surface area contributed by atoms with E-state index in [1.165, 1.54) is 11.1 Å². The monoisotopic (exact) mass is 333 g/mol. The number of anilines is 3. The molecule has 0 aliphatic carbocycles. The minimum Gasteiger partial charge on any atom is -0.454 e. The molecule has 1 atom stereocenters. The molecule has 124 valence electrons. The Kier molecular flexibility index (Phi) is 2.27. The molecule has 0 radical (unpaired) electrons. The van der Waals surface area contributed by atoms with Crippen LogP contribution in [-0.2, 0) is 0 Å². The summed E-state index contributed by atoms with van der Waals surface area (Å²) in [6.45, 7) is 1.49. The molecule has 1 unspecified atom stereocenters. The second-order valence-corrected chi connectivity index (χ2v) is 6.28. The average molecular weight is 333 g/mol. The van der Waals surface area contributed by atoms with Gasteiger partial charge in [0.25, 0.3) is 0 Å². The van der Waals surface area contributed by atoms with Crippen molar-refractivity contribution in [2.45, 2.75) is 20.0 Å². The third-order valence-electron chi connectivity index (χ3n) is 4.83. The predicted molar refractivity (Wildman–Crippen MR) is 100 cm³/mol. The number of hydrogen-bond acceptors (Lipinski definition) is 5. The van der Waals surface area contributed by atoms with E-state index in [9.17, 15) is 0 Å². The van der Waals surface area contributed by atoms with Crippen LogP contribution < -0.4 is 9.80 Å². The molecule has 5 nitrogen and oxygen atoms in total. The van der Waals surface area contributed by atoms with Crippen molar-refractivity contribution in [3.05, 3.63) is 54.4 Å². The number of furan rings is 1. The van der Waals surface area contributed by atoms with Gasteiger partial charge in [-0.1, -0.05) is 30.3 Å². The first-order valence-corrected chi connectivity index (χ1v) is 8.18. The van der Waals surface area contributed by atoms with Crippen LogP contribution >= 0.6 is 0 Å². The van der Waals surface area contributed by atoms with E-state index >= 15 is 0 Å². The lowest BCUT2D eigenvalue weighted by Crippen LogP contribution is -2.36.